The van der Waals surface area contributed by atoms with Crippen molar-refractivity contribution in [2.45, 2.75) is 53.5 Å². The van der Waals surface area contributed by atoms with E-state index in [1.54, 1.807) is 0 Å². The summed E-state index contributed by atoms with van der Waals surface area (Å²) < 4.78 is 0. The third kappa shape index (κ3) is 6.83. The average Bonchev–Trinajstić information content (AvgIpc) is 2.16. The standard InChI is InChI=1S/C13H29N3/c1-10(2)6-8-16(9-7-11(3)4)12(5)13(14)15/h10-12H,6-9H2,1-5H3,(H3,14,15). The first-order valence-corrected chi connectivity index (χ1v) is 6.42. The minimum absolute atomic E-state index is 0.0810. The van der Waals surface area contributed by atoms with Crippen molar-refractivity contribution >= 4 is 5.84 Å². The van der Waals surface area contributed by atoms with Gasteiger partial charge in [-0.05, 0) is 44.7 Å². The zero-order valence-electron chi connectivity index (χ0n) is 11.6. The van der Waals surface area contributed by atoms with Crippen molar-refractivity contribution in [1.29, 1.82) is 5.41 Å². The van der Waals surface area contributed by atoms with Crippen LogP contribution in [0.5, 0.6) is 0 Å². The highest BCUT2D eigenvalue weighted by Crippen LogP contribution is 2.09. The van der Waals surface area contributed by atoms with E-state index in [0.717, 1.165) is 13.1 Å². The van der Waals surface area contributed by atoms with Crippen molar-refractivity contribution in [1.82, 2.24) is 4.90 Å². The molecule has 0 bridgehead atoms. The van der Waals surface area contributed by atoms with Crippen LogP contribution >= 0.6 is 0 Å². The molecule has 0 radical (unpaired) electrons. The summed E-state index contributed by atoms with van der Waals surface area (Å²) in [5, 5.41) is 7.54. The summed E-state index contributed by atoms with van der Waals surface area (Å²) >= 11 is 0. The number of hydrogen-bond acceptors (Lipinski definition) is 2. The quantitative estimate of drug-likeness (QED) is 0.495. The molecule has 0 heterocycles. The Morgan fingerprint density at radius 3 is 1.62 bits per heavy atom. The molecule has 0 aromatic rings. The third-order valence-corrected chi connectivity index (χ3v) is 2.99. The molecule has 96 valence electrons. The van der Waals surface area contributed by atoms with Crippen molar-refractivity contribution < 1.29 is 0 Å². The van der Waals surface area contributed by atoms with Gasteiger partial charge in [0.05, 0.1) is 6.04 Å². The van der Waals surface area contributed by atoms with Crippen LogP contribution in [0.4, 0.5) is 0 Å². The molecule has 0 rings (SSSR count). The SMILES string of the molecule is CC(C)CCN(CCC(C)C)C(C)C(=N)N. The molecule has 3 heteroatoms. The fraction of sp³-hybridized carbons (Fsp3) is 0.923. The first-order valence-electron chi connectivity index (χ1n) is 6.42. The summed E-state index contributed by atoms with van der Waals surface area (Å²) in [4.78, 5) is 2.34. The van der Waals surface area contributed by atoms with Gasteiger partial charge in [0.1, 0.15) is 5.84 Å². The van der Waals surface area contributed by atoms with Gasteiger partial charge in [-0.1, -0.05) is 27.7 Å². The molecule has 0 amide bonds. The van der Waals surface area contributed by atoms with Crippen molar-refractivity contribution in [3.8, 4) is 0 Å². The molecule has 1 unspecified atom stereocenters. The van der Waals surface area contributed by atoms with E-state index in [-0.39, 0.29) is 11.9 Å². The second-order valence-electron chi connectivity index (χ2n) is 5.53. The van der Waals surface area contributed by atoms with Crippen LogP contribution in [0.25, 0.3) is 0 Å². The first kappa shape index (κ1) is 15.4. The molecule has 0 fully saturated rings. The monoisotopic (exact) mass is 227 g/mol. The zero-order chi connectivity index (χ0) is 12.7. The van der Waals surface area contributed by atoms with Gasteiger partial charge in [-0.2, -0.15) is 0 Å². The second-order valence-corrected chi connectivity index (χ2v) is 5.53. The Labute approximate surface area is 101 Å². The molecule has 0 saturated heterocycles. The fourth-order valence-electron chi connectivity index (χ4n) is 1.54. The Bertz CT molecular complexity index is 187. The fourth-order valence-corrected chi connectivity index (χ4v) is 1.54. The maximum Gasteiger partial charge on any atom is 0.108 e. The third-order valence-electron chi connectivity index (χ3n) is 2.99. The molecule has 0 spiro atoms. The average molecular weight is 227 g/mol. The largest absolute Gasteiger partial charge is 0.386 e. The number of nitrogens with two attached hydrogens (primary N) is 1. The maximum atomic E-state index is 7.54. The van der Waals surface area contributed by atoms with Crippen molar-refractivity contribution in [2.24, 2.45) is 17.6 Å². The molecule has 0 saturated carbocycles. The predicted octanol–water partition coefficient (Wildman–Crippen LogP) is 2.71. The van der Waals surface area contributed by atoms with E-state index in [4.69, 9.17) is 11.1 Å². The molecule has 3 N–H and O–H groups in total. The number of hydrogen-bond donors (Lipinski definition) is 2. The van der Waals surface area contributed by atoms with Crippen LogP contribution in [-0.2, 0) is 0 Å². The van der Waals surface area contributed by atoms with Crippen LogP contribution in [0.3, 0.4) is 0 Å². The lowest BCUT2D eigenvalue weighted by Crippen LogP contribution is -2.43. The van der Waals surface area contributed by atoms with Crippen LogP contribution in [0, 0.1) is 17.2 Å². The van der Waals surface area contributed by atoms with Crippen LogP contribution in [0.15, 0.2) is 0 Å². The molecule has 0 aromatic carbocycles. The van der Waals surface area contributed by atoms with E-state index in [0.29, 0.717) is 11.8 Å². The summed E-state index contributed by atoms with van der Waals surface area (Å²) in [5.41, 5.74) is 5.59. The lowest BCUT2D eigenvalue weighted by molar-refractivity contribution is 0.224. The van der Waals surface area contributed by atoms with Gasteiger partial charge in [0.25, 0.3) is 0 Å². The van der Waals surface area contributed by atoms with Gasteiger partial charge in [-0.3, -0.25) is 10.3 Å². The molecule has 0 aromatic heterocycles. The topological polar surface area (TPSA) is 53.1 Å². The molecule has 0 aliphatic heterocycles. The molecular formula is C13H29N3. The number of rotatable bonds is 8. The minimum Gasteiger partial charge on any atom is -0.386 e. The molecular weight excluding hydrogens is 198 g/mol. The van der Waals surface area contributed by atoms with Crippen molar-refractivity contribution in [2.75, 3.05) is 13.1 Å². The van der Waals surface area contributed by atoms with Gasteiger partial charge in [0.15, 0.2) is 0 Å². The maximum absolute atomic E-state index is 7.54. The number of amidine groups is 1. The summed E-state index contributed by atoms with van der Waals surface area (Å²) in [5.74, 6) is 1.70. The van der Waals surface area contributed by atoms with Gasteiger partial charge in [-0.15, -0.1) is 0 Å². The van der Waals surface area contributed by atoms with Gasteiger partial charge in [0.2, 0.25) is 0 Å². The first-order chi connectivity index (χ1) is 7.34. The summed E-state index contributed by atoms with van der Waals surface area (Å²) in [6, 6.07) is 0.0810. The van der Waals surface area contributed by atoms with Gasteiger partial charge >= 0.3 is 0 Å². The summed E-state index contributed by atoms with van der Waals surface area (Å²) in [6.45, 7) is 13.1. The molecule has 0 aliphatic rings. The van der Waals surface area contributed by atoms with Gasteiger partial charge in [0, 0.05) is 0 Å². The van der Waals surface area contributed by atoms with Crippen LogP contribution in [0.1, 0.15) is 47.5 Å². The van der Waals surface area contributed by atoms with Crippen LogP contribution in [-0.4, -0.2) is 29.9 Å². The Morgan fingerprint density at radius 2 is 1.38 bits per heavy atom. The second kappa shape index (κ2) is 7.66. The summed E-state index contributed by atoms with van der Waals surface area (Å²) in [6.07, 6.45) is 2.35. The van der Waals surface area contributed by atoms with E-state index in [9.17, 15) is 0 Å². The molecule has 3 nitrogen and oxygen atoms in total. The van der Waals surface area contributed by atoms with Crippen molar-refractivity contribution in [3.63, 3.8) is 0 Å². The lowest BCUT2D eigenvalue weighted by Gasteiger charge is -2.29. The summed E-state index contributed by atoms with van der Waals surface area (Å²) in [7, 11) is 0. The highest BCUT2D eigenvalue weighted by Gasteiger charge is 2.16. The van der Waals surface area contributed by atoms with E-state index < -0.39 is 0 Å². The Hall–Kier alpha value is -0.570. The number of nitrogens with zero attached hydrogens (tertiary/aromatic N) is 1. The Balaban J connectivity index is 4.20. The predicted molar refractivity (Wildman–Crippen MR) is 71.9 cm³/mol. The van der Waals surface area contributed by atoms with E-state index >= 15 is 0 Å². The molecule has 16 heavy (non-hydrogen) atoms. The van der Waals surface area contributed by atoms with Crippen LogP contribution in [0.2, 0.25) is 0 Å². The highest BCUT2D eigenvalue weighted by molar-refractivity contribution is 5.82. The van der Waals surface area contributed by atoms with E-state index in [1.165, 1.54) is 12.8 Å². The van der Waals surface area contributed by atoms with Crippen molar-refractivity contribution in [3.05, 3.63) is 0 Å². The Morgan fingerprint density at radius 1 is 1.00 bits per heavy atom. The van der Waals surface area contributed by atoms with E-state index in [1.807, 2.05) is 6.92 Å². The normalized spacial score (nSPS) is 13.8. The van der Waals surface area contributed by atoms with Gasteiger partial charge in [-0.25, -0.2) is 0 Å². The molecule has 1 atom stereocenters. The highest BCUT2D eigenvalue weighted by atomic mass is 15.2. The smallest absolute Gasteiger partial charge is 0.108 e. The Kier molecular flexibility index (Phi) is 7.39. The van der Waals surface area contributed by atoms with Gasteiger partial charge < -0.3 is 5.73 Å². The number of nitrogens with one attached hydrogen (secondary N) is 1. The lowest BCUT2D eigenvalue weighted by atomic mass is 10.1. The van der Waals surface area contributed by atoms with E-state index in [2.05, 4.69) is 32.6 Å². The molecule has 0 aliphatic carbocycles. The zero-order valence-corrected chi connectivity index (χ0v) is 11.6. The van der Waals surface area contributed by atoms with Crippen LogP contribution < -0.4 is 5.73 Å². The minimum atomic E-state index is 0.0810.